The minimum atomic E-state index is 0.154. The molecule has 0 amide bonds. The maximum Gasteiger partial charge on any atom is 0.0405 e. The number of likely N-dealkylation sites (tertiary alicyclic amines) is 1. The van der Waals surface area contributed by atoms with Gasteiger partial charge in [-0.25, -0.2) is 0 Å². The van der Waals surface area contributed by atoms with Gasteiger partial charge in [-0.15, -0.1) is 0 Å². The Morgan fingerprint density at radius 3 is 2.44 bits per heavy atom. The molecule has 2 aliphatic rings. The van der Waals surface area contributed by atoms with Gasteiger partial charge in [0.1, 0.15) is 0 Å². The van der Waals surface area contributed by atoms with Crippen LogP contribution in [-0.4, -0.2) is 30.1 Å². The molecule has 1 unspecified atom stereocenters. The largest absolute Gasteiger partial charge is 0.310 e. The molecule has 0 aromatic heterocycles. The highest BCUT2D eigenvalue weighted by atomic mass is 15.2. The zero-order valence-corrected chi connectivity index (χ0v) is 11.5. The fourth-order valence-corrected chi connectivity index (χ4v) is 3.02. The SMILES string of the molecule is CC(C)(c1ccccc1)N1CCC(NC2CC2)C1. The number of benzene rings is 1. The van der Waals surface area contributed by atoms with Crippen molar-refractivity contribution < 1.29 is 0 Å². The summed E-state index contributed by atoms with van der Waals surface area (Å²) in [6, 6.07) is 12.4. The lowest BCUT2D eigenvalue weighted by Crippen LogP contribution is -2.42. The first-order valence-electron chi connectivity index (χ1n) is 7.23. The first-order valence-corrected chi connectivity index (χ1v) is 7.23. The highest BCUT2D eigenvalue weighted by Crippen LogP contribution is 2.31. The fourth-order valence-electron chi connectivity index (χ4n) is 3.02. The molecule has 18 heavy (non-hydrogen) atoms. The molecule has 1 saturated carbocycles. The zero-order chi connectivity index (χ0) is 12.6. The Labute approximate surface area is 110 Å². The van der Waals surface area contributed by atoms with Gasteiger partial charge in [0.05, 0.1) is 0 Å². The van der Waals surface area contributed by atoms with Gasteiger partial charge in [-0.1, -0.05) is 30.3 Å². The molecule has 1 atom stereocenters. The van der Waals surface area contributed by atoms with E-state index in [1.807, 2.05) is 0 Å². The van der Waals surface area contributed by atoms with Crippen molar-refractivity contribution in [1.82, 2.24) is 10.2 Å². The van der Waals surface area contributed by atoms with Gasteiger partial charge < -0.3 is 5.32 Å². The van der Waals surface area contributed by atoms with Crippen LogP contribution in [0.3, 0.4) is 0 Å². The molecular weight excluding hydrogens is 220 g/mol. The third-order valence-corrected chi connectivity index (χ3v) is 4.51. The highest BCUT2D eigenvalue weighted by Gasteiger charge is 2.36. The van der Waals surface area contributed by atoms with Gasteiger partial charge in [-0.2, -0.15) is 0 Å². The molecule has 0 bridgehead atoms. The Kier molecular flexibility index (Phi) is 3.16. The molecule has 98 valence electrons. The third kappa shape index (κ3) is 2.45. The van der Waals surface area contributed by atoms with Gasteiger partial charge in [0.2, 0.25) is 0 Å². The molecule has 3 rings (SSSR count). The number of nitrogens with zero attached hydrogens (tertiary/aromatic N) is 1. The molecule has 1 aromatic carbocycles. The highest BCUT2D eigenvalue weighted by molar-refractivity contribution is 5.23. The summed E-state index contributed by atoms with van der Waals surface area (Å²) in [6.07, 6.45) is 4.07. The summed E-state index contributed by atoms with van der Waals surface area (Å²) in [6.45, 7) is 7.11. The maximum atomic E-state index is 3.76. The second kappa shape index (κ2) is 4.67. The summed E-state index contributed by atoms with van der Waals surface area (Å²) in [5.74, 6) is 0. The van der Waals surface area contributed by atoms with Crippen molar-refractivity contribution in [3.05, 3.63) is 35.9 Å². The van der Waals surface area contributed by atoms with Crippen LogP contribution >= 0.6 is 0 Å². The Balaban J connectivity index is 1.67. The quantitative estimate of drug-likeness (QED) is 0.876. The van der Waals surface area contributed by atoms with Crippen molar-refractivity contribution in [2.45, 2.75) is 50.7 Å². The van der Waals surface area contributed by atoms with E-state index in [0.717, 1.165) is 6.04 Å². The van der Waals surface area contributed by atoms with Crippen molar-refractivity contribution in [2.24, 2.45) is 0 Å². The Bertz CT molecular complexity index is 395. The third-order valence-electron chi connectivity index (χ3n) is 4.51. The minimum Gasteiger partial charge on any atom is -0.310 e. The summed E-state index contributed by atoms with van der Waals surface area (Å²) in [5, 5.41) is 3.76. The molecule has 1 aliphatic carbocycles. The van der Waals surface area contributed by atoms with Crippen LogP contribution in [0.2, 0.25) is 0 Å². The summed E-state index contributed by atoms with van der Waals surface area (Å²) < 4.78 is 0. The molecule has 0 radical (unpaired) electrons. The normalized spacial score (nSPS) is 25.6. The van der Waals surface area contributed by atoms with Crippen LogP contribution < -0.4 is 5.32 Å². The lowest BCUT2D eigenvalue weighted by atomic mass is 9.92. The van der Waals surface area contributed by atoms with Crippen molar-refractivity contribution in [2.75, 3.05) is 13.1 Å². The predicted octanol–water partition coefficient (Wildman–Crippen LogP) is 2.75. The standard InChI is InChI=1S/C16H24N2/c1-16(2,13-6-4-3-5-7-13)18-11-10-15(12-18)17-14-8-9-14/h3-7,14-15,17H,8-12H2,1-2H3. The van der Waals surface area contributed by atoms with Crippen molar-refractivity contribution in [3.63, 3.8) is 0 Å². The first-order chi connectivity index (χ1) is 8.66. The Morgan fingerprint density at radius 2 is 1.78 bits per heavy atom. The lowest BCUT2D eigenvalue weighted by molar-refractivity contribution is 0.151. The van der Waals surface area contributed by atoms with Crippen LogP contribution in [0.1, 0.15) is 38.7 Å². The van der Waals surface area contributed by atoms with Gasteiger partial charge in [0.15, 0.2) is 0 Å². The van der Waals surface area contributed by atoms with E-state index in [1.165, 1.54) is 37.9 Å². The topological polar surface area (TPSA) is 15.3 Å². The number of rotatable bonds is 4. The van der Waals surface area contributed by atoms with Crippen LogP contribution in [0, 0.1) is 0 Å². The second-order valence-corrected chi connectivity index (χ2v) is 6.30. The van der Waals surface area contributed by atoms with E-state index in [-0.39, 0.29) is 5.54 Å². The first kappa shape index (κ1) is 12.2. The van der Waals surface area contributed by atoms with E-state index in [4.69, 9.17) is 0 Å². The maximum absolute atomic E-state index is 3.76. The molecule has 2 fully saturated rings. The second-order valence-electron chi connectivity index (χ2n) is 6.30. The van der Waals surface area contributed by atoms with Gasteiger partial charge in [0.25, 0.3) is 0 Å². The average Bonchev–Trinajstić information content (AvgIpc) is 3.05. The Morgan fingerprint density at radius 1 is 1.06 bits per heavy atom. The van der Waals surface area contributed by atoms with E-state index in [0.29, 0.717) is 6.04 Å². The summed E-state index contributed by atoms with van der Waals surface area (Å²) in [4.78, 5) is 2.63. The molecule has 2 heteroatoms. The number of hydrogen-bond acceptors (Lipinski definition) is 2. The van der Waals surface area contributed by atoms with Crippen LogP contribution in [0.15, 0.2) is 30.3 Å². The van der Waals surface area contributed by atoms with E-state index >= 15 is 0 Å². The van der Waals surface area contributed by atoms with E-state index in [9.17, 15) is 0 Å². The summed E-state index contributed by atoms with van der Waals surface area (Å²) >= 11 is 0. The molecule has 1 aromatic rings. The van der Waals surface area contributed by atoms with E-state index in [2.05, 4.69) is 54.4 Å². The van der Waals surface area contributed by atoms with Crippen LogP contribution in [0.4, 0.5) is 0 Å². The molecule has 1 saturated heterocycles. The molecule has 1 N–H and O–H groups in total. The predicted molar refractivity (Wildman–Crippen MR) is 75.6 cm³/mol. The van der Waals surface area contributed by atoms with E-state index < -0.39 is 0 Å². The smallest absolute Gasteiger partial charge is 0.0405 e. The zero-order valence-electron chi connectivity index (χ0n) is 11.5. The number of nitrogens with one attached hydrogen (secondary N) is 1. The number of hydrogen-bond donors (Lipinski definition) is 1. The molecule has 2 nitrogen and oxygen atoms in total. The minimum absolute atomic E-state index is 0.154. The molecule has 1 aliphatic heterocycles. The van der Waals surface area contributed by atoms with Crippen LogP contribution in [0.5, 0.6) is 0 Å². The average molecular weight is 244 g/mol. The van der Waals surface area contributed by atoms with Gasteiger partial charge in [0, 0.05) is 30.7 Å². The molecular formula is C16H24N2. The molecule has 0 spiro atoms. The van der Waals surface area contributed by atoms with E-state index in [1.54, 1.807) is 0 Å². The fraction of sp³-hybridized carbons (Fsp3) is 0.625. The van der Waals surface area contributed by atoms with Gasteiger partial charge in [-0.3, -0.25) is 4.90 Å². The molecule has 1 heterocycles. The van der Waals surface area contributed by atoms with Crippen molar-refractivity contribution in [3.8, 4) is 0 Å². The van der Waals surface area contributed by atoms with Crippen molar-refractivity contribution >= 4 is 0 Å². The van der Waals surface area contributed by atoms with Gasteiger partial charge >= 0.3 is 0 Å². The van der Waals surface area contributed by atoms with Crippen LogP contribution in [0.25, 0.3) is 0 Å². The monoisotopic (exact) mass is 244 g/mol. The van der Waals surface area contributed by atoms with Gasteiger partial charge in [-0.05, 0) is 38.7 Å². The van der Waals surface area contributed by atoms with Crippen LogP contribution in [-0.2, 0) is 5.54 Å². The summed E-state index contributed by atoms with van der Waals surface area (Å²) in [5.41, 5.74) is 1.58. The Hall–Kier alpha value is -0.860. The lowest BCUT2D eigenvalue weighted by Gasteiger charge is -2.36. The van der Waals surface area contributed by atoms with Crippen molar-refractivity contribution in [1.29, 1.82) is 0 Å². The summed E-state index contributed by atoms with van der Waals surface area (Å²) in [7, 11) is 0.